The molecular formula is C24H20ClF3N4O3S. The second kappa shape index (κ2) is 9.89. The van der Waals surface area contributed by atoms with Crippen LogP contribution in [0.1, 0.15) is 16.7 Å². The molecule has 2 aromatic carbocycles. The van der Waals surface area contributed by atoms with Gasteiger partial charge in [-0.2, -0.15) is 18.3 Å². The molecule has 5 rings (SSSR count). The van der Waals surface area contributed by atoms with Gasteiger partial charge in [-0.3, -0.25) is 19.2 Å². The normalized spacial score (nSPS) is 20.2. The minimum absolute atomic E-state index is 0.00777. The number of aromatic nitrogens is 2. The van der Waals surface area contributed by atoms with Gasteiger partial charge in [0.2, 0.25) is 0 Å². The fourth-order valence-corrected chi connectivity index (χ4v) is 5.20. The lowest BCUT2D eigenvalue weighted by molar-refractivity contribution is -0.138. The van der Waals surface area contributed by atoms with Crippen molar-refractivity contribution in [2.24, 2.45) is 0 Å². The number of ether oxygens (including phenoxy) is 1. The molecule has 188 valence electrons. The first-order valence-corrected chi connectivity index (χ1v) is 12.3. The summed E-state index contributed by atoms with van der Waals surface area (Å²) in [7, 11) is 0. The smallest absolute Gasteiger partial charge is 0.374 e. The van der Waals surface area contributed by atoms with Gasteiger partial charge in [0.05, 0.1) is 48.0 Å². The van der Waals surface area contributed by atoms with Crippen molar-refractivity contribution in [1.29, 1.82) is 0 Å². The molecule has 3 aromatic rings. The molecule has 12 heteroatoms. The van der Waals surface area contributed by atoms with Crippen molar-refractivity contribution in [3.05, 3.63) is 69.2 Å². The van der Waals surface area contributed by atoms with Crippen molar-refractivity contribution >= 4 is 51.5 Å². The number of hydrogen-bond donors (Lipinski definition) is 1. The Labute approximate surface area is 213 Å². The first-order valence-electron chi connectivity index (χ1n) is 11.1. The number of morpholine rings is 1. The van der Waals surface area contributed by atoms with Gasteiger partial charge in [0.1, 0.15) is 0 Å². The van der Waals surface area contributed by atoms with Crippen LogP contribution in [0, 0.1) is 0 Å². The molecule has 1 atom stereocenters. The predicted octanol–water partition coefficient (Wildman–Crippen LogP) is 4.78. The summed E-state index contributed by atoms with van der Waals surface area (Å²) in [5.41, 5.74) is 0.545. The molecule has 0 aliphatic carbocycles. The summed E-state index contributed by atoms with van der Waals surface area (Å²) < 4.78 is 47.5. The highest BCUT2D eigenvalue weighted by Crippen LogP contribution is 2.35. The lowest BCUT2D eigenvalue weighted by atomic mass is 10.1. The van der Waals surface area contributed by atoms with Crippen LogP contribution in [-0.4, -0.2) is 58.2 Å². The fourth-order valence-electron chi connectivity index (χ4n) is 4.18. The number of carbonyl (C=O) groups is 2. The highest BCUT2D eigenvalue weighted by atomic mass is 35.5. The Hall–Kier alpha value is -2.86. The van der Waals surface area contributed by atoms with E-state index in [4.69, 9.17) is 16.3 Å². The molecule has 3 heterocycles. The van der Waals surface area contributed by atoms with Gasteiger partial charge in [-0.25, -0.2) is 0 Å². The van der Waals surface area contributed by atoms with Gasteiger partial charge in [-0.05, 0) is 53.2 Å². The Balaban J connectivity index is 1.36. The first kappa shape index (κ1) is 24.8. The maximum absolute atomic E-state index is 13.5. The number of nitrogens with zero attached hydrogens (tertiary/aromatic N) is 3. The number of imide groups is 1. The van der Waals surface area contributed by atoms with Crippen molar-refractivity contribution in [3.8, 4) is 0 Å². The van der Waals surface area contributed by atoms with Gasteiger partial charge in [0.15, 0.2) is 0 Å². The van der Waals surface area contributed by atoms with Crippen LogP contribution < -0.4 is 5.32 Å². The molecule has 2 aliphatic heterocycles. The molecule has 36 heavy (non-hydrogen) atoms. The molecule has 0 radical (unpaired) electrons. The number of alkyl halides is 3. The molecule has 0 unspecified atom stereocenters. The average Bonchev–Trinajstić information content (AvgIpc) is 3.35. The molecule has 0 saturated carbocycles. The molecule has 1 N–H and O–H groups in total. The fraction of sp³-hybridized carbons (Fsp3) is 0.292. The second-order valence-electron chi connectivity index (χ2n) is 8.41. The van der Waals surface area contributed by atoms with Crippen LogP contribution in [0.5, 0.6) is 0 Å². The first-order chi connectivity index (χ1) is 17.2. The minimum atomic E-state index is -4.54. The number of fused-ring (bicyclic) bond motifs is 1. The minimum Gasteiger partial charge on any atom is -0.374 e. The van der Waals surface area contributed by atoms with Crippen molar-refractivity contribution in [2.75, 3.05) is 26.2 Å². The van der Waals surface area contributed by atoms with Crippen molar-refractivity contribution in [2.45, 2.75) is 18.8 Å². The number of nitrogens with one attached hydrogen (secondary N) is 1. The zero-order valence-electron chi connectivity index (χ0n) is 18.7. The van der Waals surface area contributed by atoms with Gasteiger partial charge in [0.25, 0.3) is 11.1 Å². The van der Waals surface area contributed by atoms with Crippen molar-refractivity contribution < 1.29 is 27.5 Å². The summed E-state index contributed by atoms with van der Waals surface area (Å²) in [6.07, 6.45) is -1.61. The Kier molecular flexibility index (Phi) is 6.82. The van der Waals surface area contributed by atoms with Crippen LogP contribution in [0.2, 0.25) is 5.02 Å². The molecule has 1 aromatic heterocycles. The molecular weight excluding hydrogens is 517 g/mol. The third-order valence-electron chi connectivity index (χ3n) is 5.93. The molecule has 7 nitrogen and oxygen atoms in total. The number of benzene rings is 2. The summed E-state index contributed by atoms with van der Waals surface area (Å²) in [5, 5.41) is 7.77. The van der Waals surface area contributed by atoms with E-state index in [1.54, 1.807) is 30.5 Å². The van der Waals surface area contributed by atoms with E-state index in [2.05, 4.69) is 10.4 Å². The number of halogens is 4. The van der Waals surface area contributed by atoms with E-state index < -0.39 is 11.7 Å². The van der Waals surface area contributed by atoms with E-state index in [0.717, 1.165) is 24.4 Å². The Morgan fingerprint density at radius 2 is 2.06 bits per heavy atom. The summed E-state index contributed by atoms with van der Waals surface area (Å²) >= 11 is 6.64. The zero-order chi connectivity index (χ0) is 25.4. The molecule has 2 saturated heterocycles. The highest BCUT2D eigenvalue weighted by Gasteiger charge is 2.37. The number of rotatable bonds is 5. The molecule has 0 bridgehead atoms. The lowest BCUT2D eigenvalue weighted by Crippen LogP contribution is -2.46. The third kappa shape index (κ3) is 5.15. The summed E-state index contributed by atoms with van der Waals surface area (Å²) in [5.74, 6) is -0.377. The van der Waals surface area contributed by atoms with E-state index in [9.17, 15) is 22.8 Å². The van der Waals surface area contributed by atoms with E-state index >= 15 is 0 Å². The molecule has 2 fully saturated rings. The zero-order valence-corrected chi connectivity index (χ0v) is 20.3. The highest BCUT2D eigenvalue weighted by molar-refractivity contribution is 8.18. The largest absolute Gasteiger partial charge is 0.416 e. The van der Waals surface area contributed by atoms with E-state index in [0.29, 0.717) is 34.5 Å². The van der Waals surface area contributed by atoms with Crippen LogP contribution in [0.4, 0.5) is 18.0 Å². The van der Waals surface area contributed by atoms with E-state index in [1.807, 2.05) is 0 Å². The number of thioether (sulfide) groups is 1. The summed E-state index contributed by atoms with van der Waals surface area (Å²) in [4.78, 5) is 26.7. The molecule has 0 spiro atoms. The van der Waals surface area contributed by atoms with Gasteiger partial charge in [-0.1, -0.05) is 23.7 Å². The average molecular weight is 537 g/mol. The van der Waals surface area contributed by atoms with Gasteiger partial charge >= 0.3 is 6.18 Å². The number of amides is 2. The van der Waals surface area contributed by atoms with Gasteiger partial charge in [0, 0.05) is 23.5 Å². The predicted molar refractivity (Wildman–Crippen MR) is 131 cm³/mol. The van der Waals surface area contributed by atoms with Gasteiger partial charge < -0.3 is 10.1 Å². The Morgan fingerprint density at radius 3 is 2.81 bits per heavy atom. The van der Waals surface area contributed by atoms with Crippen LogP contribution in [0.25, 0.3) is 17.0 Å². The monoisotopic (exact) mass is 536 g/mol. The number of hydrogen-bond acceptors (Lipinski definition) is 6. The maximum Gasteiger partial charge on any atom is 0.416 e. The van der Waals surface area contributed by atoms with Crippen molar-refractivity contribution in [1.82, 2.24) is 20.0 Å². The van der Waals surface area contributed by atoms with Crippen LogP contribution in [0.3, 0.4) is 0 Å². The quantitative estimate of drug-likeness (QED) is 0.473. The Morgan fingerprint density at radius 1 is 1.22 bits per heavy atom. The van der Waals surface area contributed by atoms with Crippen LogP contribution in [-0.2, 0) is 22.3 Å². The standard InChI is InChI=1S/C24H20ClF3N4O3S/c25-17-3-2-15(19(9-17)24(26,27)28)12-32-20-4-1-14(7-16(20)10-30-32)8-21-22(33)31(23(34)36-21)13-18-11-29-5-6-35-18/h1-4,7-10,18,29H,5-6,11-13H2/b21-8-/t18-/m0/s1. The molecule has 2 amide bonds. The van der Waals surface area contributed by atoms with E-state index in [1.165, 1.54) is 21.7 Å². The summed E-state index contributed by atoms with van der Waals surface area (Å²) in [6.45, 7) is 1.93. The SMILES string of the molecule is O=C1S/C(=C\c2ccc3c(cnn3Cc3ccc(Cl)cc3C(F)(F)F)c2)C(=O)N1C[C@@H]1CNCCO1. The second-order valence-corrected chi connectivity index (χ2v) is 9.84. The third-order valence-corrected chi connectivity index (χ3v) is 7.07. The number of carbonyl (C=O) groups excluding carboxylic acids is 2. The molecule has 2 aliphatic rings. The van der Waals surface area contributed by atoms with E-state index in [-0.39, 0.29) is 40.9 Å². The summed E-state index contributed by atoms with van der Waals surface area (Å²) in [6, 6.07) is 8.90. The Bertz CT molecular complexity index is 1370. The van der Waals surface area contributed by atoms with Crippen LogP contribution in [0.15, 0.2) is 47.5 Å². The maximum atomic E-state index is 13.5. The topological polar surface area (TPSA) is 76.5 Å². The lowest BCUT2D eigenvalue weighted by Gasteiger charge is -2.26. The van der Waals surface area contributed by atoms with Crippen molar-refractivity contribution in [3.63, 3.8) is 0 Å². The van der Waals surface area contributed by atoms with Gasteiger partial charge in [-0.15, -0.1) is 0 Å². The van der Waals surface area contributed by atoms with Crippen LogP contribution >= 0.6 is 23.4 Å².